The van der Waals surface area contributed by atoms with E-state index in [2.05, 4.69) is 0 Å². The standard InChI is InChI=1S/C17H17N2O3S/c1-19(20)13-3-2-4-14(10-13)23-17(18)8-6-12-5-7-15-16(9-12)22-11-21-15/h2-5,7,9-10,18H,6,8,11H2,1H3/q+1. The summed E-state index contributed by atoms with van der Waals surface area (Å²) >= 11 is 1.38. The second-order valence-electron chi connectivity index (χ2n) is 5.21. The number of nitrogens with zero attached hydrogens (tertiary/aromatic N) is 1. The number of nitrogens with one attached hydrogen (secondary N) is 1. The van der Waals surface area contributed by atoms with E-state index in [1.54, 1.807) is 12.1 Å². The van der Waals surface area contributed by atoms with Crippen LogP contribution in [0.5, 0.6) is 11.5 Å². The molecule has 0 atom stereocenters. The zero-order valence-corrected chi connectivity index (χ0v) is 13.6. The van der Waals surface area contributed by atoms with Gasteiger partial charge < -0.3 is 9.47 Å². The molecule has 0 saturated carbocycles. The quantitative estimate of drug-likeness (QED) is 0.387. The van der Waals surface area contributed by atoms with Crippen molar-refractivity contribution >= 4 is 22.5 Å². The monoisotopic (exact) mass is 329 g/mol. The molecule has 5 nitrogen and oxygen atoms in total. The molecular formula is C17H17N2O3S+. The van der Waals surface area contributed by atoms with Crippen LogP contribution >= 0.6 is 11.8 Å². The van der Waals surface area contributed by atoms with Gasteiger partial charge in [-0.1, -0.05) is 23.9 Å². The van der Waals surface area contributed by atoms with Crippen LogP contribution in [0.1, 0.15) is 12.0 Å². The molecule has 3 rings (SSSR count). The summed E-state index contributed by atoms with van der Waals surface area (Å²) < 4.78 is 11.5. The van der Waals surface area contributed by atoms with Crippen molar-refractivity contribution < 1.29 is 14.2 Å². The number of aryl methyl sites for hydroxylation is 1. The second kappa shape index (κ2) is 6.83. The highest BCUT2D eigenvalue weighted by molar-refractivity contribution is 8.13. The minimum Gasteiger partial charge on any atom is -0.454 e. The number of benzene rings is 2. The number of ether oxygens (including phenoxy) is 2. The Bertz CT molecular complexity index is 761. The predicted molar refractivity (Wildman–Crippen MR) is 90.1 cm³/mol. The van der Waals surface area contributed by atoms with Crippen molar-refractivity contribution in [2.24, 2.45) is 0 Å². The summed E-state index contributed by atoms with van der Waals surface area (Å²) in [5.41, 5.74) is 1.71. The topological polar surface area (TPSA) is 62.4 Å². The molecule has 0 aliphatic carbocycles. The minimum atomic E-state index is 0.273. The summed E-state index contributed by atoms with van der Waals surface area (Å²) in [6, 6.07) is 13.2. The SMILES string of the molecule is C[N+](=O)c1cccc(SC(=N)CCc2ccc3c(c2)OCO3)c1. The van der Waals surface area contributed by atoms with E-state index in [1.165, 1.54) is 18.8 Å². The van der Waals surface area contributed by atoms with Crippen molar-refractivity contribution in [2.75, 3.05) is 13.8 Å². The molecule has 1 aliphatic rings. The predicted octanol–water partition coefficient (Wildman–Crippen LogP) is 4.16. The molecular weight excluding hydrogens is 312 g/mol. The van der Waals surface area contributed by atoms with Crippen LogP contribution < -0.4 is 9.47 Å². The van der Waals surface area contributed by atoms with Gasteiger partial charge in [0.25, 0.3) is 5.69 Å². The van der Waals surface area contributed by atoms with E-state index in [9.17, 15) is 4.91 Å². The molecule has 0 spiro atoms. The van der Waals surface area contributed by atoms with E-state index in [4.69, 9.17) is 14.9 Å². The van der Waals surface area contributed by atoms with Crippen LogP contribution in [0.15, 0.2) is 47.4 Å². The molecule has 0 fully saturated rings. The van der Waals surface area contributed by atoms with Gasteiger partial charge in [-0.2, -0.15) is 0 Å². The molecule has 1 N–H and O–H groups in total. The first-order valence-electron chi connectivity index (χ1n) is 7.26. The lowest BCUT2D eigenvalue weighted by atomic mass is 10.1. The summed E-state index contributed by atoms with van der Waals surface area (Å²) in [6.45, 7) is 0.273. The summed E-state index contributed by atoms with van der Waals surface area (Å²) in [7, 11) is 1.47. The van der Waals surface area contributed by atoms with Crippen molar-refractivity contribution in [2.45, 2.75) is 17.7 Å². The molecule has 0 aromatic heterocycles. The zero-order valence-electron chi connectivity index (χ0n) is 12.7. The van der Waals surface area contributed by atoms with Gasteiger partial charge in [-0.3, -0.25) is 5.41 Å². The Morgan fingerprint density at radius 2 is 2.04 bits per heavy atom. The van der Waals surface area contributed by atoms with Crippen LogP contribution in [-0.4, -0.2) is 23.6 Å². The van der Waals surface area contributed by atoms with E-state index < -0.39 is 0 Å². The molecule has 1 heterocycles. The van der Waals surface area contributed by atoms with Crippen LogP contribution in [0.25, 0.3) is 0 Å². The van der Waals surface area contributed by atoms with Crippen LogP contribution in [0.3, 0.4) is 0 Å². The van der Waals surface area contributed by atoms with Gasteiger partial charge in [-0.15, -0.1) is 0 Å². The summed E-state index contributed by atoms with van der Waals surface area (Å²) in [6.07, 6.45) is 1.41. The first kappa shape index (κ1) is 15.6. The number of hydrogen-bond donors (Lipinski definition) is 1. The van der Waals surface area contributed by atoms with Gasteiger partial charge in [0.2, 0.25) is 6.79 Å². The van der Waals surface area contributed by atoms with Crippen LogP contribution in [0.2, 0.25) is 0 Å². The van der Waals surface area contributed by atoms with Crippen molar-refractivity contribution in [3.63, 3.8) is 0 Å². The number of fused-ring (bicyclic) bond motifs is 1. The van der Waals surface area contributed by atoms with Gasteiger partial charge in [0.1, 0.15) is 0 Å². The number of rotatable bonds is 5. The molecule has 23 heavy (non-hydrogen) atoms. The average molecular weight is 329 g/mol. The van der Waals surface area contributed by atoms with Gasteiger partial charge in [0, 0.05) is 26.7 Å². The van der Waals surface area contributed by atoms with Gasteiger partial charge in [-0.05, 0) is 36.6 Å². The molecule has 1 aliphatic heterocycles. The Hall–Kier alpha value is -2.34. The van der Waals surface area contributed by atoms with E-state index in [0.717, 1.165) is 33.1 Å². The number of thioether (sulfide) groups is 1. The van der Waals surface area contributed by atoms with Crippen LogP contribution in [-0.2, 0) is 6.42 Å². The van der Waals surface area contributed by atoms with Gasteiger partial charge in [0.05, 0.1) is 5.04 Å². The largest absolute Gasteiger partial charge is 0.454 e. The van der Waals surface area contributed by atoms with Crippen molar-refractivity contribution in [3.8, 4) is 11.5 Å². The third-order valence-corrected chi connectivity index (χ3v) is 4.44. The summed E-state index contributed by atoms with van der Waals surface area (Å²) in [5, 5.41) is 8.68. The average Bonchev–Trinajstić information content (AvgIpc) is 3.01. The first-order valence-corrected chi connectivity index (χ1v) is 8.08. The van der Waals surface area contributed by atoms with Gasteiger partial charge in [0.15, 0.2) is 18.5 Å². The van der Waals surface area contributed by atoms with Crippen LogP contribution in [0.4, 0.5) is 5.69 Å². The Kier molecular flexibility index (Phi) is 4.62. The molecule has 2 aromatic carbocycles. The van der Waals surface area contributed by atoms with Crippen LogP contribution in [0, 0.1) is 10.3 Å². The number of hydrogen-bond acceptors (Lipinski definition) is 5. The minimum absolute atomic E-state index is 0.273. The molecule has 118 valence electrons. The number of nitroso groups, excluding NO2 is 1. The zero-order chi connectivity index (χ0) is 16.2. The fourth-order valence-corrected chi connectivity index (χ4v) is 3.11. The molecule has 0 amide bonds. The maximum Gasteiger partial charge on any atom is 0.256 e. The highest BCUT2D eigenvalue weighted by Crippen LogP contribution is 2.33. The van der Waals surface area contributed by atoms with E-state index in [1.807, 2.05) is 30.3 Å². The van der Waals surface area contributed by atoms with E-state index in [0.29, 0.717) is 17.2 Å². The van der Waals surface area contributed by atoms with Crippen molar-refractivity contribution in [1.82, 2.24) is 0 Å². The van der Waals surface area contributed by atoms with Gasteiger partial charge in [-0.25, -0.2) is 0 Å². The molecule has 0 saturated heterocycles. The third kappa shape index (κ3) is 3.90. The lowest BCUT2D eigenvalue weighted by Gasteiger charge is -2.05. The summed E-state index contributed by atoms with van der Waals surface area (Å²) in [5.74, 6) is 1.55. The van der Waals surface area contributed by atoms with E-state index in [-0.39, 0.29) is 6.79 Å². The molecule has 0 radical (unpaired) electrons. The molecule has 0 unspecified atom stereocenters. The Balaban J connectivity index is 1.57. The van der Waals surface area contributed by atoms with Gasteiger partial charge >= 0.3 is 0 Å². The van der Waals surface area contributed by atoms with Crippen molar-refractivity contribution in [3.05, 3.63) is 52.9 Å². The molecule has 6 heteroatoms. The maximum atomic E-state index is 11.3. The normalized spacial score (nSPS) is 12.2. The van der Waals surface area contributed by atoms with E-state index >= 15 is 0 Å². The lowest BCUT2D eigenvalue weighted by Crippen LogP contribution is -1.95. The Morgan fingerprint density at radius 3 is 2.87 bits per heavy atom. The smallest absolute Gasteiger partial charge is 0.256 e. The molecule has 2 aromatic rings. The summed E-state index contributed by atoms with van der Waals surface area (Å²) in [4.78, 5) is 12.2. The molecule has 0 bridgehead atoms. The first-order chi connectivity index (χ1) is 11.1. The Morgan fingerprint density at radius 1 is 1.22 bits per heavy atom. The van der Waals surface area contributed by atoms with Crippen molar-refractivity contribution in [1.29, 1.82) is 5.41 Å². The lowest BCUT2D eigenvalue weighted by molar-refractivity contribution is -0.428. The Labute approximate surface area is 138 Å². The second-order valence-corrected chi connectivity index (χ2v) is 6.38. The third-order valence-electron chi connectivity index (χ3n) is 3.50. The highest BCUT2D eigenvalue weighted by Gasteiger charge is 2.13. The maximum absolute atomic E-state index is 11.3. The highest BCUT2D eigenvalue weighted by atomic mass is 32.2. The fourth-order valence-electron chi connectivity index (χ4n) is 2.29. The fraction of sp³-hybridized carbons (Fsp3) is 0.235.